The minimum atomic E-state index is 0.489. The molecule has 0 aliphatic heterocycles. The van der Waals surface area contributed by atoms with Crippen LogP contribution in [0.1, 0.15) is 32.5 Å². The Kier molecular flexibility index (Phi) is 3.62. The fourth-order valence-electron chi connectivity index (χ4n) is 1.95. The first-order valence-corrected chi connectivity index (χ1v) is 6.39. The molecule has 0 atom stereocenters. The highest BCUT2D eigenvalue weighted by Crippen LogP contribution is 2.21. The monoisotopic (exact) mass is 252 g/mol. The van der Waals surface area contributed by atoms with Crippen LogP contribution in [-0.4, -0.2) is 19.7 Å². The number of nitrogens with zero attached hydrogens (tertiary/aromatic N) is 4. The zero-order chi connectivity index (χ0) is 12.4. The number of rotatable bonds is 4. The summed E-state index contributed by atoms with van der Waals surface area (Å²) >= 11 is 6.08. The minimum Gasteiger partial charge on any atom is -0.247 e. The maximum atomic E-state index is 6.08. The Hall–Kier alpha value is -1.16. The highest BCUT2D eigenvalue weighted by atomic mass is 35.5. The molecule has 0 saturated carbocycles. The van der Waals surface area contributed by atoms with Gasteiger partial charge in [-0.1, -0.05) is 38.3 Å². The molecule has 0 aromatic carbocycles. The number of hydrogen-bond acceptors (Lipinski definition) is 3. The molecule has 4 nitrogen and oxygen atoms in total. The van der Waals surface area contributed by atoms with E-state index >= 15 is 0 Å². The predicted molar refractivity (Wildman–Crippen MR) is 69.1 cm³/mol. The number of halogens is 1. The van der Waals surface area contributed by atoms with Crippen molar-refractivity contribution >= 4 is 22.6 Å². The van der Waals surface area contributed by atoms with Crippen LogP contribution in [0.4, 0.5) is 0 Å². The Bertz CT molecular complexity index is 516. The van der Waals surface area contributed by atoms with E-state index in [1.54, 1.807) is 6.20 Å². The summed E-state index contributed by atoms with van der Waals surface area (Å²) in [5.74, 6) is 1.32. The average Bonchev–Trinajstić information content (AvgIpc) is 2.69. The molecule has 2 aromatic heterocycles. The molecule has 0 saturated heterocycles. The molecule has 0 N–H and O–H groups in total. The Labute approximate surface area is 106 Å². The third-order valence-corrected chi connectivity index (χ3v) is 3.44. The van der Waals surface area contributed by atoms with Crippen molar-refractivity contribution in [3.63, 3.8) is 0 Å². The summed E-state index contributed by atoms with van der Waals surface area (Å²) < 4.78 is 1.94. The standard InChI is InChI=1S/C12H17ClN4/c1-4-9(5-2)7-17-12-10(6-14-17)11(13)15-8(3)16-12/h6,9H,4-5,7H2,1-3H3. The summed E-state index contributed by atoms with van der Waals surface area (Å²) in [6, 6.07) is 0. The van der Waals surface area contributed by atoms with Crippen molar-refractivity contribution in [2.75, 3.05) is 0 Å². The van der Waals surface area contributed by atoms with Gasteiger partial charge in [-0.05, 0) is 12.8 Å². The van der Waals surface area contributed by atoms with Gasteiger partial charge in [0.05, 0.1) is 11.6 Å². The first kappa shape index (κ1) is 12.3. The number of aryl methyl sites for hydroxylation is 1. The van der Waals surface area contributed by atoms with Gasteiger partial charge in [0.25, 0.3) is 0 Å². The largest absolute Gasteiger partial charge is 0.247 e. The molecule has 5 heteroatoms. The molecule has 2 aromatic rings. The highest BCUT2D eigenvalue weighted by molar-refractivity contribution is 6.33. The molecule has 0 unspecified atom stereocenters. The van der Waals surface area contributed by atoms with Gasteiger partial charge in [-0.2, -0.15) is 5.10 Å². The van der Waals surface area contributed by atoms with Crippen molar-refractivity contribution in [2.45, 2.75) is 40.2 Å². The van der Waals surface area contributed by atoms with Gasteiger partial charge in [-0.15, -0.1) is 0 Å². The summed E-state index contributed by atoms with van der Waals surface area (Å²) in [4.78, 5) is 8.56. The van der Waals surface area contributed by atoms with Gasteiger partial charge in [0.2, 0.25) is 0 Å². The van der Waals surface area contributed by atoms with E-state index in [0.717, 1.165) is 30.4 Å². The molecule has 92 valence electrons. The van der Waals surface area contributed by atoms with Crippen LogP contribution in [-0.2, 0) is 6.54 Å². The summed E-state index contributed by atoms with van der Waals surface area (Å²) in [6.45, 7) is 7.14. The van der Waals surface area contributed by atoms with Crippen LogP contribution >= 0.6 is 11.6 Å². The van der Waals surface area contributed by atoms with E-state index in [0.29, 0.717) is 16.9 Å². The molecule has 0 spiro atoms. The summed E-state index contributed by atoms with van der Waals surface area (Å²) in [5.41, 5.74) is 0.842. The van der Waals surface area contributed by atoms with Crippen LogP contribution in [0.2, 0.25) is 5.15 Å². The summed E-state index contributed by atoms with van der Waals surface area (Å²) in [7, 11) is 0. The molecule has 0 radical (unpaired) electrons. The molecular formula is C12H17ClN4. The lowest BCUT2D eigenvalue weighted by molar-refractivity contribution is 0.401. The Morgan fingerprint density at radius 1 is 1.29 bits per heavy atom. The van der Waals surface area contributed by atoms with E-state index in [9.17, 15) is 0 Å². The number of aromatic nitrogens is 4. The van der Waals surface area contributed by atoms with E-state index in [-0.39, 0.29) is 0 Å². The molecule has 0 aliphatic carbocycles. The second kappa shape index (κ2) is 5.00. The van der Waals surface area contributed by atoms with Gasteiger partial charge >= 0.3 is 0 Å². The molecule has 0 amide bonds. The predicted octanol–water partition coefficient (Wildman–Crippen LogP) is 3.22. The topological polar surface area (TPSA) is 43.6 Å². The molecule has 17 heavy (non-hydrogen) atoms. The van der Waals surface area contributed by atoms with Crippen LogP contribution < -0.4 is 0 Å². The fraction of sp³-hybridized carbons (Fsp3) is 0.583. The second-order valence-corrected chi connectivity index (χ2v) is 4.67. The average molecular weight is 253 g/mol. The van der Waals surface area contributed by atoms with E-state index in [4.69, 9.17) is 11.6 Å². The molecular weight excluding hydrogens is 236 g/mol. The molecule has 0 aliphatic rings. The van der Waals surface area contributed by atoms with E-state index in [1.807, 2.05) is 11.6 Å². The minimum absolute atomic E-state index is 0.489. The van der Waals surface area contributed by atoms with Crippen LogP contribution in [0.3, 0.4) is 0 Å². The lowest BCUT2D eigenvalue weighted by Gasteiger charge is -2.12. The van der Waals surface area contributed by atoms with Crippen LogP contribution in [0.15, 0.2) is 6.20 Å². The van der Waals surface area contributed by atoms with Crippen molar-refractivity contribution in [1.29, 1.82) is 0 Å². The first-order chi connectivity index (χ1) is 8.15. The first-order valence-electron chi connectivity index (χ1n) is 6.01. The highest BCUT2D eigenvalue weighted by Gasteiger charge is 2.12. The zero-order valence-electron chi connectivity index (χ0n) is 10.4. The molecule has 0 bridgehead atoms. The second-order valence-electron chi connectivity index (χ2n) is 4.31. The van der Waals surface area contributed by atoms with Crippen LogP contribution in [0.25, 0.3) is 11.0 Å². The van der Waals surface area contributed by atoms with Gasteiger partial charge < -0.3 is 0 Å². The smallest absolute Gasteiger partial charge is 0.163 e. The maximum Gasteiger partial charge on any atom is 0.163 e. The third-order valence-electron chi connectivity index (χ3n) is 3.15. The third kappa shape index (κ3) is 2.41. The van der Waals surface area contributed by atoms with Crippen molar-refractivity contribution in [2.24, 2.45) is 5.92 Å². The van der Waals surface area contributed by atoms with E-state index in [2.05, 4.69) is 28.9 Å². The fourth-order valence-corrected chi connectivity index (χ4v) is 2.20. The lowest BCUT2D eigenvalue weighted by Crippen LogP contribution is -2.11. The van der Waals surface area contributed by atoms with Gasteiger partial charge in [0.15, 0.2) is 5.65 Å². The maximum absolute atomic E-state index is 6.08. The summed E-state index contributed by atoms with van der Waals surface area (Å²) in [5, 5.41) is 5.69. The quantitative estimate of drug-likeness (QED) is 0.785. The van der Waals surface area contributed by atoms with Gasteiger partial charge in [0, 0.05) is 6.54 Å². The Morgan fingerprint density at radius 3 is 2.65 bits per heavy atom. The molecule has 2 rings (SSSR count). The Balaban J connectivity index is 2.42. The van der Waals surface area contributed by atoms with E-state index in [1.165, 1.54) is 0 Å². The van der Waals surface area contributed by atoms with Crippen molar-refractivity contribution < 1.29 is 0 Å². The van der Waals surface area contributed by atoms with Gasteiger partial charge in [0.1, 0.15) is 11.0 Å². The van der Waals surface area contributed by atoms with Crippen molar-refractivity contribution in [3.8, 4) is 0 Å². The van der Waals surface area contributed by atoms with Crippen LogP contribution in [0.5, 0.6) is 0 Å². The normalized spacial score (nSPS) is 11.6. The zero-order valence-corrected chi connectivity index (χ0v) is 11.2. The number of fused-ring (bicyclic) bond motifs is 1. The van der Waals surface area contributed by atoms with E-state index < -0.39 is 0 Å². The molecule has 0 fully saturated rings. The van der Waals surface area contributed by atoms with Gasteiger partial charge in [-0.3, -0.25) is 0 Å². The van der Waals surface area contributed by atoms with Crippen molar-refractivity contribution in [3.05, 3.63) is 17.2 Å². The Morgan fingerprint density at radius 2 is 2.00 bits per heavy atom. The SMILES string of the molecule is CCC(CC)Cn1ncc2c(Cl)nc(C)nc21. The van der Waals surface area contributed by atoms with Gasteiger partial charge in [-0.25, -0.2) is 14.6 Å². The number of hydrogen-bond donors (Lipinski definition) is 0. The summed E-state index contributed by atoms with van der Waals surface area (Å²) in [6.07, 6.45) is 4.05. The molecule has 2 heterocycles. The van der Waals surface area contributed by atoms with Crippen molar-refractivity contribution in [1.82, 2.24) is 19.7 Å². The van der Waals surface area contributed by atoms with Crippen LogP contribution in [0, 0.1) is 12.8 Å². The lowest BCUT2D eigenvalue weighted by atomic mass is 10.0.